The Balaban J connectivity index is 1.15. The molecule has 1 saturated carbocycles. The van der Waals surface area contributed by atoms with Gasteiger partial charge >= 0.3 is 0 Å². The lowest BCUT2D eigenvalue weighted by Crippen LogP contribution is -2.37. The molecule has 13 heteroatoms. The van der Waals surface area contributed by atoms with Crippen molar-refractivity contribution in [3.05, 3.63) is 36.2 Å². The number of carbonyl (C=O) groups excluding carboxylic acids is 1. The van der Waals surface area contributed by atoms with Crippen LogP contribution in [0, 0.1) is 0 Å². The van der Waals surface area contributed by atoms with Gasteiger partial charge in [0.2, 0.25) is 17.7 Å². The minimum absolute atomic E-state index is 0.00854. The van der Waals surface area contributed by atoms with Gasteiger partial charge in [0, 0.05) is 38.2 Å². The van der Waals surface area contributed by atoms with Crippen molar-refractivity contribution in [1.82, 2.24) is 24.8 Å². The number of hydrogen-bond acceptors (Lipinski definition) is 9. The van der Waals surface area contributed by atoms with E-state index in [0.29, 0.717) is 62.7 Å². The van der Waals surface area contributed by atoms with Crippen LogP contribution in [0.25, 0.3) is 16.9 Å². The highest BCUT2D eigenvalue weighted by atomic mass is 19.3. The third kappa shape index (κ3) is 6.79. The number of benzene rings is 1. The molecule has 2 aromatic heterocycles. The maximum absolute atomic E-state index is 14.1. The number of fused-ring (bicyclic) bond motifs is 1. The second-order valence-electron chi connectivity index (χ2n) is 10.9. The number of carbonyl (C=O) groups is 1. The molecule has 3 fully saturated rings. The van der Waals surface area contributed by atoms with E-state index in [4.69, 9.17) is 18.9 Å². The van der Waals surface area contributed by atoms with Crippen molar-refractivity contribution in [1.29, 1.82) is 0 Å². The highest BCUT2D eigenvalue weighted by Gasteiger charge is 2.29. The van der Waals surface area contributed by atoms with Gasteiger partial charge in [-0.1, -0.05) is 12.1 Å². The van der Waals surface area contributed by atoms with Crippen LogP contribution in [0.15, 0.2) is 30.3 Å². The van der Waals surface area contributed by atoms with Gasteiger partial charge < -0.3 is 29.2 Å². The van der Waals surface area contributed by atoms with Gasteiger partial charge in [0.1, 0.15) is 18.5 Å². The van der Waals surface area contributed by atoms with Crippen LogP contribution in [0.2, 0.25) is 0 Å². The first-order valence-corrected chi connectivity index (χ1v) is 14.7. The summed E-state index contributed by atoms with van der Waals surface area (Å²) < 4.78 is 52.6. The van der Waals surface area contributed by atoms with Crippen molar-refractivity contribution in [2.24, 2.45) is 0 Å². The summed E-state index contributed by atoms with van der Waals surface area (Å²) in [5, 5.41) is 3.03. The lowest BCUT2D eigenvalue weighted by atomic mass is 10.1. The fourth-order valence-electron chi connectivity index (χ4n) is 5.75. The summed E-state index contributed by atoms with van der Waals surface area (Å²) >= 11 is 0. The van der Waals surface area contributed by atoms with E-state index in [-0.39, 0.29) is 42.5 Å². The number of hydrogen-bond donors (Lipinski definition) is 1. The van der Waals surface area contributed by atoms with Crippen molar-refractivity contribution in [3.8, 4) is 11.7 Å². The number of para-hydroxylation sites is 2. The molecule has 1 amide bonds. The summed E-state index contributed by atoms with van der Waals surface area (Å²) in [5.74, 6) is 0.363. The highest BCUT2D eigenvalue weighted by molar-refractivity contribution is 5.78. The largest absolute Gasteiger partial charge is 0.474 e. The summed E-state index contributed by atoms with van der Waals surface area (Å²) in [6.07, 6.45) is 2.27. The number of alkyl halides is 2. The van der Waals surface area contributed by atoms with Crippen LogP contribution in [0.3, 0.4) is 0 Å². The lowest BCUT2D eigenvalue weighted by Gasteiger charge is -2.27. The molecule has 11 nitrogen and oxygen atoms in total. The molecular weight excluding hydrogens is 550 g/mol. The Labute approximate surface area is 242 Å². The van der Waals surface area contributed by atoms with Gasteiger partial charge in [0.15, 0.2) is 5.82 Å². The molecule has 1 aliphatic carbocycles. The Morgan fingerprint density at radius 2 is 1.93 bits per heavy atom. The molecular formula is C29H36F2N6O5. The zero-order valence-corrected chi connectivity index (χ0v) is 23.4. The van der Waals surface area contributed by atoms with E-state index in [9.17, 15) is 13.6 Å². The zero-order chi connectivity index (χ0) is 28.9. The topological polar surface area (TPSA) is 113 Å². The number of amides is 1. The molecule has 0 radical (unpaired) electrons. The van der Waals surface area contributed by atoms with Crippen LogP contribution in [0.1, 0.15) is 50.8 Å². The summed E-state index contributed by atoms with van der Waals surface area (Å²) in [7, 11) is 0. The smallest absolute Gasteiger partial charge is 0.296 e. The van der Waals surface area contributed by atoms with Crippen LogP contribution < -0.4 is 15.0 Å². The lowest BCUT2D eigenvalue weighted by molar-refractivity contribution is -0.128. The van der Waals surface area contributed by atoms with Crippen molar-refractivity contribution >= 4 is 22.9 Å². The number of imidazole rings is 1. The second kappa shape index (κ2) is 13.3. The Bertz CT molecular complexity index is 1360. The van der Waals surface area contributed by atoms with Crippen LogP contribution in [0.4, 0.5) is 14.7 Å². The van der Waals surface area contributed by atoms with Crippen LogP contribution in [0.5, 0.6) is 5.88 Å². The first kappa shape index (κ1) is 28.7. The van der Waals surface area contributed by atoms with E-state index >= 15 is 0 Å². The predicted octanol–water partition coefficient (Wildman–Crippen LogP) is 3.59. The highest BCUT2D eigenvalue weighted by Crippen LogP contribution is 2.31. The molecule has 42 heavy (non-hydrogen) atoms. The summed E-state index contributed by atoms with van der Waals surface area (Å²) in [5.41, 5.74) is 0.970. The Kier molecular flexibility index (Phi) is 9.06. The second-order valence-corrected chi connectivity index (χ2v) is 10.9. The molecule has 2 aliphatic heterocycles. The molecule has 6 rings (SSSR count). The number of ether oxygens (including phenoxy) is 4. The Morgan fingerprint density at radius 1 is 1.07 bits per heavy atom. The third-order valence-corrected chi connectivity index (χ3v) is 7.83. The van der Waals surface area contributed by atoms with E-state index in [1.54, 1.807) is 30.3 Å². The van der Waals surface area contributed by atoms with Crippen LogP contribution in [-0.2, 0) is 19.0 Å². The fourth-order valence-corrected chi connectivity index (χ4v) is 5.75. The molecule has 0 spiro atoms. The summed E-state index contributed by atoms with van der Waals surface area (Å²) in [6, 6.07) is 8.49. The fraction of sp³-hybridized carbons (Fsp3) is 0.586. The van der Waals surface area contributed by atoms with E-state index in [1.165, 1.54) is 4.57 Å². The first-order chi connectivity index (χ1) is 20.5. The number of nitrogens with one attached hydrogen (secondary N) is 1. The van der Waals surface area contributed by atoms with E-state index in [0.717, 1.165) is 32.3 Å². The van der Waals surface area contributed by atoms with Gasteiger partial charge in [-0.3, -0.25) is 9.36 Å². The molecule has 4 heterocycles. The maximum Gasteiger partial charge on any atom is 0.296 e. The van der Waals surface area contributed by atoms with Gasteiger partial charge in [-0.2, -0.15) is 9.97 Å². The molecule has 1 unspecified atom stereocenters. The monoisotopic (exact) mass is 586 g/mol. The number of halogens is 2. The van der Waals surface area contributed by atoms with Gasteiger partial charge in [-0.05, 0) is 44.2 Å². The van der Waals surface area contributed by atoms with Gasteiger partial charge in [-0.25, -0.2) is 13.8 Å². The van der Waals surface area contributed by atoms with E-state index in [1.807, 2.05) is 4.90 Å². The first-order valence-electron chi connectivity index (χ1n) is 14.7. The van der Waals surface area contributed by atoms with Crippen molar-refractivity contribution < 1.29 is 32.5 Å². The SMILES string of the molecule is O=C(COCC1CCCCO1)N[C@H]1CC[C@H](Oc2cc(-n3c(C(F)F)nc4ccccc43)nc(N3CCOCC3)n2)C1. The molecule has 1 aromatic carbocycles. The molecule has 226 valence electrons. The normalized spacial score (nSPS) is 23.0. The van der Waals surface area contributed by atoms with E-state index in [2.05, 4.69) is 20.3 Å². The summed E-state index contributed by atoms with van der Waals surface area (Å²) in [4.78, 5) is 27.9. The number of nitrogens with zero attached hydrogens (tertiary/aromatic N) is 5. The maximum atomic E-state index is 14.1. The standard InChI is InChI=1S/C29H36F2N6O5/c30-27(31)28-33-22-6-1-2-7-23(22)37(28)24-16-26(35-29(34-24)36-10-13-39-14-11-36)42-20-9-8-19(15-20)32-25(38)18-40-17-21-5-3-4-12-41-21/h1-2,6-7,16,19-21,27H,3-5,8-15,17-18H2,(H,32,38)/t19-,20-,21?/m0/s1. The molecule has 1 N–H and O–H groups in total. The van der Waals surface area contributed by atoms with E-state index < -0.39 is 12.2 Å². The number of rotatable bonds is 10. The molecule has 0 bridgehead atoms. The molecule has 3 aliphatic rings. The average molecular weight is 587 g/mol. The van der Waals surface area contributed by atoms with Crippen LogP contribution in [-0.4, -0.2) is 89.8 Å². The van der Waals surface area contributed by atoms with Crippen molar-refractivity contribution in [2.75, 3.05) is 51.0 Å². The third-order valence-electron chi connectivity index (χ3n) is 7.83. The van der Waals surface area contributed by atoms with Gasteiger partial charge in [0.25, 0.3) is 6.43 Å². The van der Waals surface area contributed by atoms with Crippen molar-refractivity contribution in [2.45, 2.75) is 63.2 Å². The minimum atomic E-state index is -2.80. The number of morpholine rings is 1. The average Bonchev–Trinajstić information content (AvgIpc) is 3.62. The van der Waals surface area contributed by atoms with Gasteiger partial charge in [0.05, 0.1) is 37.0 Å². The van der Waals surface area contributed by atoms with Crippen molar-refractivity contribution in [3.63, 3.8) is 0 Å². The molecule has 2 saturated heterocycles. The minimum Gasteiger partial charge on any atom is -0.474 e. The zero-order valence-electron chi connectivity index (χ0n) is 23.4. The molecule has 3 aromatic rings. The summed E-state index contributed by atoms with van der Waals surface area (Å²) in [6.45, 7) is 3.33. The van der Waals surface area contributed by atoms with Crippen LogP contribution >= 0.6 is 0 Å². The number of aromatic nitrogens is 4. The number of anilines is 1. The Morgan fingerprint density at radius 3 is 2.74 bits per heavy atom. The quantitative estimate of drug-likeness (QED) is 0.381. The predicted molar refractivity (Wildman–Crippen MR) is 149 cm³/mol. The van der Waals surface area contributed by atoms with Gasteiger partial charge in [-0.15, -0.1) is 0 Å². The molecule has 3 atom stereocenters. The Hall–Kier alpha value is -3.42.